The maximum atomic E-state index is 12.6. The van der Waals surface area contributed by atoms with Crippen LogP contribution in [0, 0.1) is 11.8 Å². The van der Waals surface area contributed by atoms with Crippen LogP contribution >= 0.6 is 0 Å². The van der Waals surface area contributed by atoms with E-state index < -0.39 is 6.67 Å². The summed E-state index contributed by atoms with van der Waals surface area (Å²) in [5, 5.41) is 13.2. The average molecular weight is 490 g/mol. The number of nitrogens with one attached hydrogen (secondary N) is 1. The third-order valence-corrected chi connectivity index (χ3v) is 6.36. The van der Waals surface area contributed by atoms with E-state index in [0.29, 0.717) is 18.7 Å². The van der Waals surface area contributed by atoms with Crippen LogP contribution in [0.4, 0.5) is 4.39 Å². The van der Waals surface area contributed by atoms with E-state index in [2.05, 4.69) is 51.3 Å². The highest BCUT2D eigenvalue weighted by molar-refractivity contribution is 6.03. The molecule has 0 saturated carbocycles. The van der Waals surface area contributed by atoms with Crippen molar-refractivity contribution in [2.45, 2.75) is 25.3 Å². The zero-order chi connectivity index (χ0) is 25.2. The summed E-state index contributed by atoms with van der Waals surface area (Å²) in [6.45, 7) is 4.75. The molecule has 0 aromatic heterocycles. The second-order valence-corrected chi connectivity index (χ2v) is 8.99. The van der Waals surface area contributed by atoms with Crippen LogP contribution in [0.2, 0.25) is 0 Å². The van der Waals surface area contributed by atoms with Crippen molar-refractivity contribution < 1.29 is 19.0 Å². The smallest absolute Gasteiger partial charge is 0.204 e. The lowest BCUT2D eigenvalue weighted by Crippen LogP contribution is -2.35. The number of Topliss-reactive ketones (excluding diaryl/α,β-unsaturated/α-hetero) is 1. The normalized spacial score (nSPS) is 17.1. The first-order valence-corrected chi connectivity index (χ1v) is 12.4. The van der Waals surface area contributed by atoms with Crippen LogP contribution in [0.25, 0.3) is 0 Å². The topological polar surface area (TPSA) is 74.2 Å². The predicted octanol–water partition coefficient (Wildman–Crippen LogP) is 3.76. The van der Waals surface area contributed by atoms with Crippen molar-refractivity contribution in [3.63, 3.8) is 0 Å². The fourth-order valence-corrected chi connectivity index (χ4v) is 4.29. The van der Waals surface area contributed by atoms with Gasteiger partial charge in [0, 0.05) is 68.8 Å². The molecule has 2 N–H and O–H groups in total. The number of hydrogen-bond acceptors (Lipinski definition) is 6. The van der Waals surface area contributed by atoms with Crippen molar-refractivity contribution in [2.75, 3.05) is 46.1 Å². The number of rotatable bonds is 9. The number of nitrogens with zero attached hydrogens (tertiary/aromatic N) is 2. The third-order valence-electron chi connectivity index (χ3n) is 6.36. The fourth-order valence-electron chi connectivity index (χ4n) is 4.29. The molecule has 2 heterocycles. The Hall–Kier alpha value is -3.31. The number of aliphatic imine (C=N–C) groups is 1. The molecular weight excluding hydrogens is 457 g/mol. The Morgan fingerprint density at radius 2 is 1.72 bits per heavy atom. The van der Waals surface area contributed by atoms with Gasteiger partial charge in [-0.15, -0.1) is 0 Å². The van der Waals surface area contributed by atoms with Crippen molar-refractivity contribution in [1.29, 1.82) is 0 Å². The zero-order valence-corrected chi connectivity index (χ0v) is 20.4. The van der Waals surface area contributed by atoms with Gasteiger partial charge >= 0.3 is 0 Å². The number of halogens is 1. The molecule has 0 spiro atoms. The summed E-state index contributed by atoms with van der Waals surface area (Å²) in [7, 11) is 0. The summed E-state index contributed by atoms with van der Waals surface area (Å²) in [5.74, 6) is 5.77. The molecule has 1 atom stereocenters. The van der Waals surface area contributed by atoms with E-state index in [9.17, 15) is 14.3 Å². The minimum atomic E-state index is -0.458. The number of aliphatic hydroxyl groups is 1. The highest BCUT2D eigenvalue weighted by Crippen LogP contribution is 2.27. The molecule has 188 valence electrons. The lowest BCUT2D eigenvalue weighted by atomic mass is 9.92. The third kappa shape index (κ3) is 7.34. The number of benzene rings is 2. The largest absolute Gasteiger partial charge is 0.503 e. The monoisotopic (exact) mass is 489 g/mol. The molecule has 0 amide bonds. The van der Waals surface area contributed by atoms with Gasteiger partial charge in [0.1, 0.15) is 6.67 Å². The standard InChI is InChI=1S/C29H32FN3O3/c30-12-14-31-20-26(19-27-29(35)28(34)11-13-32-27)25-9-7-23(8-10-25)2-1-22-3-5-24(6-4-22)21-33-15-17-36-18-16-33/h3-10,13,26,31,35H,11-12,14-21H2. The van der Waals surface area contributed by atoms with Gasteiger partial charge in [-0.1, -0.05) is 36.1 Å². The van der Waals surface area contributed by atoms with Crippen molar-refractivity contribution in [3.05, 3.63) is 82.2 Å². The number of aliphatic hydroxyl groups excluding tert-OH is 1. The molecule has 6 nitrogen and oxygen atoms in total. The highest BCUT2D eigenvalue weighted by atomic mass is 19.1. The van der Waals surface area contributed by atoms with E-state index in [1.807, 2.05) is 24.3 Å². The van der Waals surface area contributed by atoms with Gasteiger partial charge in [0.25, 0.3) is 0 Å². The van der Waals surface area contributed by atoms with E-state index >= 15 is 0 Å². The lowest BCUT2D eigenvalue weighted by molar-refractivity contribution is -0.117. The van der Waals surface area contributed by atoms with Crippen molar-refractivity contribution in [1.82, 2.24) is 10.2 Å². The molecule has 0 bridgehead atoms. The number of hydrogen-bond donors (Lipinski definition) is 2. The Morgan fingerprint density at radius 1 is 1.06 bits per heavy atom. The van der Waals surface area contributed by atoms with Gasteiger partial charge in [0.05, 0.1) is 18.9 Å². The van der Waals surface area contributed by atoms with Crippen molar-refractivity contribution in [2.24, 2.45) is 4.99 Å². The number of alkyl halides is 1. The maximum absolute atomic E-state index is 12.6. The SMILES string of the molecule is O=C1CC=NC(CC(CNCCF)c2ccc(C#Cc3ccc(CN4CCOCC4)cc3)cc2)=C1O. The average Bonchev–Trinajstić information content (AvgIpc) is 2.91. The number of ketones is 1. The number of carbonyl (C=O) groups excluding carboxylic acids is 1. The van der Waals surface area contributed by atoms with Crippen LogP contribution in [0.3, 0.4) is 0 Å². The van der Waals surface area contributed by atoms with Gasteiger partial charge in [-0.05, 0) is 35.4 Å². The summed E-state index contributed by atoms with van der Waals surface area (Å²) in [6.07, 6.45) is 2.02. The van der Waals surface area contributed by atoms with E-state index in [4.69, 9.17) is 4.74 Å². The van der Waals surface area contributed by atoms with Gasteiger partial charge in [-0.2, -0.15) is 0 Å². The first-order valence-electron chi connectivity index (χ1n) is 12.4. The molecule has 1 unspecified atom stereocenters. The first-order chi connectivity index (χ1) is 17.6. The van der Waals surface area contributed by atoms with Crippen molar-refractivity contribution >= 4 is 12.0 Å². The van der Waals surface area contributed by atoms with Crippen LogP contribution < -0.4 is 5.32 Å². The quantitative estimate of drug-likeness (QED) is 0.415. The maximum Gasteiger partial charge on any atom is 0.204 e. The minimum absolute atomic E-state index is 0.0715. The zero-order valence-electron chi connectivity index (χ0n) is 20.4. The first kappa shape index (κ1) is 25.8. The Kier molecular flexibility index (Phi) is 9.40. The van der Waals surface area contributed by atoms with E-state index in [-0.39, 0.29) is 30.4 Å². The minimum Gasteiger partial charge on any atom is -0.503 e. The molecule has 0 aliphatic carbocycles. The van der Waals surface area contributed by atoms with E-state index in [1.54, 1.807) is 0 Å². The molecular formula is C29H32FN3O3. The summed E-state index contributed by atoms with van der Waals surface area (Å²) in [5.41, 5.74) is 4.50. The van der Waals surface area contributed by atoms with E-state index in [0.717, 1.165) is 49.5 Å². The van der Waals surface area contributed by atoms with Crippen LogP contribution in [0.1, 0.15) is 41.0 Å². The number of morpholine rings is 1. The second-order valence-electron chi connectivity index (χ2n) is 8.99. The summed E-state index contributed by atoms with van der Waals surface area (Å²) >= 11 is 0. The summed E-state index contributed by atoms with van der Waals surface area (Å²) in [4.78, 5) is 18.5. The highest BCUT2D eigenvalue weighted by Gasteiger charge is 2.21. The Balaban J connectivity index is 1.40. The van der Waals surface area contributed by atoms with Crippen LogP contribution in [-0.2, 0) is 16.1 Å². The van der Waals surface area contributed by atoms with Gasteiger partial charge in [0.2, 0.25) is 5.78 Å². The Bertz CT molecular complexity index is 1140. The van der Waals surface area contributed by atoms with Gasteiger partial charge in [0.15, 0.2) is 5.76 Å². The molecule has 2 aliphatic rings. The molecule has 4 rings (SSSR count). The molecule has 2 aromatic rings. The van der Waals surface area contributed by atoms with Crippen LogP contribution in [-0.4, -0.2) is 68.1 Å². The summed E-state index contributed by atoms with van der Waals surface area (Å²) < 4.78 is 18.0. The fraction of sp³-hybridized carbons (Fsp3) is 0.379. The second kappa shape index (κ2) is 13.1. The Labute approximate surface area is 211 Å². The van der Waals surface area contributed by atoms with Crippen LogP contribution in [0.15, 0.2) is 65.0 Å². The molecule has 1 saturated heterocycles. The number of allylic oxidation sites excluding steroid dienone is 2. The molecule has 1 fully saturated rings. The van der Waals surface area contributed by atoms with E-state index in [1.165, 1.54) is 11.8 Å². The lowest BCUT2D eigenvalue weighted by Gasteiger charge is -2.26. The van der Waals surface area contributed by atoms with Gasteiger partial charge < -0.3 is 15.2 Å². The number of ether oxygens (including phenoxy) is 1. The number of carbonyl (C=O) groups is 1. The van der Waals surface area contributed by atoms with Crippen molar-refractivity contribution in [3.8, 4) is 11.8 Å². The van der Waals surface area contributed by atoms with Gasteiger partial charge in [-0.3, -0.25) is 14.7 Å². The molecule has 7 heteroatoms. The predicted molar refractivity (Wildman–Crippen MR) is 139 cm³/mol. The Morgan fingerprint density at radius 3 is 2.39 bits per heavy atom. The molecule has 36 heavy (non-hydrogen) atoms. The van der Waals surface area contributed by atoms with Gasteiger partial charge in [-0.25, -0.2) is 4.39 Å². The van der Waals surface area contributed by atoms with Crippen LogP contribution in [0.5, 0.6) is 0 Å². The summed E-state index contributed by atoms with van der Waals surface area (Å²) in [6, 6.07) is 16.3. The molecule has 2 aliphatic heterocycles. The molecule has 0 radical (unpaired) electrons. The molecule has 2 aromatic carbocycles.